The van der Waals surface area contributed by atoms with Crippen molar-refractivity contribution in [1.82, 2.24) is 9.88 Å². The summed E-state index contributed by atoms with van der Waals surface area (Å²) < 4.78 is 7.03. The summed E-state index contributed by atoms with van der Waals surface area (Å²) >= 11 is 0. The molecule has 0 atom stereocenters. The molecule has 6 nitrogen and oxygen atoms in total. The van der Waals surface area contributed by atoms with Crippen LogP contribution in [-0.2, 0) is 7.05 Å². The molecule has 27 heavy (non-hydrogen) atoms. The van der Waals surface area contributed by atoms with E-state index >= 15 is 0 Å². The van der Waals surface area contributed by atoms with Crippen molar-refractivity contribution in [2.24, 2.45) is 7.05 Å². The molecule has 0 saturated carbocycles. The lowest BCUT2D eigenvalue weighted by Crippen LogP contribution is -2.28. The second kappa shape index (κ2) is 7.95. The summed E-state index contributed by atoms with van der Waals surface area (Å²) in [6.07, 6.45) is 0.601. The number of carbonyl (C=O) groups is 1. The smallest absolute Gasteiger partial charge is 0.293 e. The summed E-state index contributed by atoms with van der Waals surface area (Å²) in [6, 6.07) is 14.7. The number of rotatable bonds is 6. The summed E-state index contributed by atoms with van der Waals surface area (Å²) in [5, 5.41) is 13.5. The van der Waals surface area contributed by atoms with E-state index in [0.717, 1.165) is 11.3 Å². The van der Waals surface area contributed by atoms with Crippen LogP contribution >= 0.6 is 0 Å². The van der Waals surface area contributed by atoms with Gasteiger partial charge in [-0.25, -0.2) is 0 Å². The van der Waals surface area contributed by atoms with Gasteiger partial charge in [-0.3, -0.25) is 9.59 Å². The molecule has 2 N–H and O–H groups in total. The van der Waals surface area contributed by atoms with E-state index in [0.29, 0.717) is 30.5 Å². The zero-order valence-electron chi connectivity index (χ0n) is 15.4. The molecule has 0 aliphatic heterocycles. The van der Waals surface area contributed by atoms with Crippen LogP contribution in [0.5, 0.6) is 11.5 Å². The van der Waals surface area contributed by atoms with Crippen LogP contribution in [0.1, 0.15) is 22.3 Å². The van der Waals surface area contributed by atoms with Gasteiger partial charge < -0.3 is 19.7 Å². The normalized spacial score (nSPS) is 10.7. The van der Waals surface area contributed by atoms with Crippen LogP contribution in [0.25, 0.3) is 10.9 Å². The second-order valence-corrected chi connectivity index (χ2v) is 6.33. The van der Waals surface area contributed by atoms with Crippen LogP contribution in [-0.4, -0.2) is 28.7 Å². The van der Waals surface area contributed by atoms with Gasteiger partial charge in [-0.2, -0.15) is 0 Å². The Morgan fingerprint density at radius 2 is 1.85 bits per heavy atom. The molecule has 1 amide bonds. The van der Waals surface area contributed by atoms with Gasteiger partial charge in [0.1, 0.15) is 5.75 Å². The minimum atomic E-state index is -0.596. The van der Waals surface area contributed by atoms with Crippen molar-refractivity contribution >= 4 is 16.8 Å². The number of aromatic hydroxyl groups is 1. The fourth-order valence-corrected chi connectivity index (χ4v) is 2.97. The SMILES string of the molecule is Cc1ccccc1OCCCNC(=O)c1c(O)c(=O)n(C)c2ccccc12. The first-order valence-corrected chi connectivity index (χ1v) is 8.78. The number of nitrogens with one attached hydrogen (secondary N) is 1. The number of amides is 1. The molecule has 3 rings (SSSR count). The number of aryl methyl sites for hydroxylation is 2. The number of fused-ring (bicyclic) bond motifs is 1. The topological polar surface area (TPSA) is 80.6 Å². The first-order chi connectivity index (χ1) is 13.0. The Morgan fingerprint density at radius 1 is 1.15 bits per heavy atom. The Labute approximate surface area is 157 Å². The summed E-state index contributed by atoms with van der Waals surface area (Å²) in [7, 11) is 1.56. The van der Waals surface area contributed by atoms with E-state index in [9.17, 15) is 14.7 Å². The first-order valence-electron chi connectivity index (χ1n) is 8.78. The van der Waals surface area contributed by atoms with Gasteiger partial charge in [0.2, 0.25) is 0 Å². The molecule has 0 radical (unpaired) electrons. The van der Waals surface area contributed by atoms with Crippen molar-refractivity contribution in [2.45, 2.75) is 13.3 Å². The second-order valence-electron chi connectivity index (χ2n) is 6.33. The van der Waals surface area contributed by atoms with Crippen molar-refractivity contribution in [3.63, 3.8) is 0 Å². The lowest BCUT2D eigenvalue weighted by atomic mass is 10.1. The highest BCUT2D eigenvalue weighted by atomic mass is 16.5. The monoisotopic (exact) mass is 366 g/mol. The number of benzene rings is 2. The van der Waals surface area contributed by atoms with Crippen LogP contribution in [0.2, 0.25) is 0 Å². The number of hydrogen-bond donors (Lipinski definition) is 2. The summed E-state index contributed by atoms with van der Waals surface area (Å²) in [5.74, 6) is -0.193. The number of pyridine rings is 1. The maximum absolute atomic E-state index is 12.6. The number of hydrogen-bond acceptors (Lipinski definition) is 4. The Bertz CT molecular complexity index is 1040. The maximum atomic E-state index is 12.6. The van der Waals surface area contributed by atoms with Crippen LogP contribution in [0, 0.1) is 6.92 Å². The third-order valence-electron chi connectivity index (χ3n) is 4.46. The molecule has 0 aliphatic carbocycles. The predicted molar refractivity (Wildman–Crippen MR) is 104 cm³/mol. The third-order valence-corrected chi connectivity index (χ3v) is 4.46. The van der Waals surface area contributed by atoms with Crippen molar-refractivity contribution in [3.8, 4) is 11.5 Å². The Hall–Kier alpha value is -3.28. The molecule has 1 aromatic heterocycles. The first kappa shape index (κ1) is 18.5. The fraction of sp³-hybridized carbons (Fsp3) is 0.238. The lowest BCUT2D eigenvalue weighted by molar-refractivity contribution is 0.0950. The van der Waals surface area contributed by atoms with Gasteiger partial charge in [0.15, 0.2) is 5.75 Å². The number of nitrogens with zero attached hydrogens (tertiary/aromatic N) is 1. The molecule has 3 aromatic rings. The number of para-hydroxylation sites is 2. The van der Waals surface area contributed by atoms with Crippen molar-refractivity contribution in [1.29, 1.82) is 0 Å². The third kappa shape index (κ3) is 3.79. The zero-order valence-corrected chi connectivity index (χ0v) is 15.4. The van der Waals surface area contributed by atoms with E-state index in [1.807, 2.05) is 31.2 Å². The number of aromatic nitrogens is 1. The summed E-state index contributed by atoms with van der Waals surface area (Å²) in [6.45, 7) is 2.79. The van der Waals surface area contributed by atoms with Gasteiger partial charge >= 0.3 is 0 Å². The molecular formula is C21H22N2O4. The van der Waals surface area contributed by atoms with Crippen LogP contribution in [0.4, 0.5) is 0 Å². The van der Waals surface area contributed by atoms with Gasteiger partial charge in [-0.05, 0) is 31.0 Å². The van der Waals surface area contributed by atoms with Crippen molar-refractivity contribution in [3.05, 3.63) is 70.0 Å². The minimum absolute atomic E-state index is 0.00789. The van der Waals surface area contributed by atoms with E-state index in [1.54, 1.807) is 31.3 Å². The van der Waals surface area contributed by atoms with Gasteiger partial charge in [-0.1, -0.05) is 36.4 Å². The molecule has 2 aromatic carbocycles. The van der Waals surface area contributed by atoms with E-state index in [-0.39, 0.29) is 5.56 Å². The number of ether oxygens (including phenoxy) is 1. The van der Waals surface area contributed by atoms with Gasteiger partial charge in [-0.15, -0.1) is 0 Å². The van der Waals surface area contributed by atoms with Gasteiger partial charge in [0.05, 0.1) is 17.7 Å². The molecule has 140 valence electrons. The molecule has 0 spiro atoms. The van der Waals surface area contributed by atoms with E-state index in [2.05, 4.69) is 5.32 Å². The largest absolute Gasteiger partial charge is 0.502 e. The lowest BCUT2D eigenvalue weighted by Gasteiger charge is -2.13. The highest BCUT2D eigenvalue weighted by Gasteiger charge is 2.20. The Kier molecular flexibility index (Phi) is 5.45. The molecule has 6 heteroatoms. The highest BCUT2D eigenvalue weighted by molar-refractivity contribution is 6.08. The minimum Gasteiger partial charge on any atom is -0.502 e. The maximum Gasteiger partial charge on any atom is 0.293 e. The van der Waals surface area contributed by atoms with Crippen LogP contribution < -0.4 is 15.6 Å². The standard InChI is InChI=1S/C21H22N2O4/c1-14-8-3-6-11-17(14)27-13-7-12-22-20(25)18-15-9-4-5-10-16(15)23(2)21(26)19(18)24/h3-6,8-11,24H,7,12-13H2,1-2H3,(H,22,25). The predicted octanol–water partition coefficient (Wildman–Crippen LogP) is 2.75. The van der Waals surface area contributed by atoms with E-state index in [1.165, 1.54) is 4.57 Å². The highest BCUT2D eigenvalue weighted by Crippen LogP contribution is 2.23. The van der Waals surface area contributed by atoms with Crippen molar-refractivity contribution < 1.29 is 14.6 Å². The van der Waals surface area contributed by atoms with Crippen molar-refractivity contribution in [2.75, 3.05) is 13.2 Å². The Morgan fingerprint density at radius 3 is 2.63 bits per heavy atom. The molecule has 0 fully saturated rings. The summed E-state index contributed by atoms with van der Waals surface area (Å²) in [4.78, 5) is 24.8. The molecule has 0 aliphatic rings. The average Bonchev–Trinajstić information content (AvgIpc) is 2.67. The summed E-state index contributed by atoms with van der Waals surface area (Å²) in [5.41, 5.74) is 1.06. The molecular weight excluding hydrogens is 344 g/mol. The van der Waals surface area contributed by atoms with E-state index < -0.39 is 17.2 Å². The molecule has 1 heterocycles. The van der Waals surface area contributed by atoms with E-state index in [4.69, 9.17) is 4.74 Å². The fourth-order valence-electron chi connectivity index (χ4n) is 2.97. The van der Waals surface area contributed by atoms with Gasteiger partial charge in [0.25, 0.3) is 11.5 Å². The molecule has 0 saturated heterocycles. The Balaban J connectivity index is 1.67. The average molecular weight is 366 g/mol. The van der Waals surface area contributed by atoms with Crippen LogP contribution in [0.15, 0.2) is 53.3 Å². The zero-order chi connectivity index (χ0) is 19.4. The van der Waals surface area contributed by atoms with Crippen LogP contribution in [0.3, 0.4) is 0 Å². The van der Waals surface area contributed by atoms with Gasteiger partial charge in [0, 0.05) is 19.0 Å². The quantitative estimate of drug-likeness (QED) is 0.658. The molecule has 0 bridgehead atoms. The molecule has 0 unspecified atom stereocenters. The number of carbonyl (C=O) groups excluding carboxylic acids is 1.